The van der Waals surface area contributed by atoms with E-state index in [9.17, 15) is 14.4 Å². The van der Waals surface area contributed by atoms with Crippen molar-refractivity contribution in [2.75, 3.05) is 31.1 Å². The van der Waals surface area contributed by atoms with E-state index in [0.29, 0.717) is 38.9 Å². The van der Waals surface area contributed by atoms with Crippen LogP contribution in [0.3, 0.4) is 0 Å². The maximum Gasteiger partial charge on any atom is 0.280 e. The maximum absolute atomic E-state index is 13.4. The number of carbonyl (C=O) groups excluding carboxylic acids is 3. The number of amides is 3. The molecular formula is C26H34ClN9O4. The first-order valence-corrected chi connectivity index (χ1v) is 13.4. The Balaban J connectivity index is 1.33. The van der Waals surface area contributed by atoms with E-state index in [1.165, 1.54) is 6.92 Å². The summed E-state index contributed by atoms with van der Waals surface area (Å²) >= 11 is 5.88. The van der Waals surface area contributed by atoms with Crippen LogP contribution in [0.2, 0.25) is 5.15 Å². The highest BCUT2D eigenvalue weighted by molar-refractivity contribution is 6.31. The lowest BCUT2D eigenvalue weighted by atomic mass is 9.88. The number of carbonyl (C=O) groups is 3. The molecule has 2 aliphatic rings. The van der Waals surface area contributed by atoms with Gasteiger partial charge in [-0.2, -0.15) is 0 Å². The number of anilines is 2. The zero-order chi connectivity index (χ0) is 29.0. The second-order valence-corrected chi connectivity index (χ2v) is 10.6. The fraction of sp³-hybridized carbons (Fsp3) is 0.462. The van der Waals surface area contributed by atoms with Gasteiger partial charge >= 0.3 is 0 Å². The third-order valence-corrected chi connectivity index (χ3v) is 7.00. The molecule has 3 heterocycles. The normalized spacial score (nSPS) is 16.7. The van der Waals surface area contributed by atoms with Crippen molar-refractivity contribution in [1.82, 2.24) is 30.8 Å². The largest absolute Gasteiger partial charge is 0.491 e. The predicted molar refractivity (Wildman–Crippen MR) is 151 cm³/mol. The Labute approximate surface area is 237 Å². The van der Waals surface area contributed by atoms with Gasteiger partial charge in [0.05, 0.1) is 18.2 Å². The number of hydrogen-bond acceptors (Lipinski definition) is 10. The highest BCUT2D eigenvalue weighted by Gasteiger charge is 2.41. The second-order valence-electron chi connectivity index (χ2n) is 10.3. The molecule has 14 heteroatoms. The number of rotatable bonds is 7. The summed E-state index contributed by atoms with van der Waals surface area (Å²) in [6.07, 6.45) is 1.63. The Morgan fingerprint density at radius 1 is 1.12 bits per heavy atom. The molecule has 13 nitrogen and oxygen atoms in total. The number of likely N-dealkylation sites (tertiary alicyclic amines) is 1. The molecule has 4 rings (SSSR count). The molecule has 0 saturated carbocycles. The third kappa shape index (κ3) is 6.89. The molecule has 1 saturated heterocycles. The van der Waals surface area contributed by atoms with E-state index in [0.717, 1.165) is 11.3 Å². The smallest absolute Gasteiger partial charge is 0.280 e. The van der Waals surface area contributed by atoms with E-state index in [1.54, 1.807) is 4.90 Å². The number of aromatic nitrogens is 2. The number of ether oxygens (including phenoxy) is 1. The topological polar surface area (TPSA) is 190 Å². The number of piperidine rings is 1. The minimum absolute atomic E-state index is 0.0602. The lowest BCUT2D eigenvalue weighted by Crippen LogP contribution is -2.59. The molecule has 1 atom stereocenters. The Morgan fingerprint density at radius 3 is 2.42 bits per heavy atom. The van der Waals surface area contributed by atoms with E-state index in [-0.39, 0.29) is 46.4 Å². The number of guanidine groups is 1. The molecule has 1 aromatic heterocycles. The maximum atomic E-state index is 13.4. The average molecular weight is 572 g/mol. The predicted octanol–water partition coefficient (Wildman–Crippen LogP) is 0.879. The molecule has 1 unspecified atom stereocenters. The minimum atomic E-state index is -0.690. The number of hydrogen-bond donors (Lipinski definition) is 5. The van der Waals surface area contributed by atoms with Crippen LogP contribution in [-0.4, -0.2) is 75.9 Å². The van der Waals surface area contributed by atoms with Crippen LogP contribution in [0, 0.1) is 0 Å². The van der Waals surface area contributed by atoms with E-state index in [2.05, 4.69) is 30.9 Å². The molecular weight excluding hydrogens is 538 g/mol. The van der Waals surface area contributed by atoms with Gasteiger partial charge in [0.15, 0.2) is 28.4 Å². The molecule has 40 heavy (non-hydrogen) atoms. The van der Waals surface area contributed by atoms with Gasteiger partial charge in [0.1, 0.15) is 11.8 Å². The summed E-state index contributed by atoms with van der Waals surface area (Å²) in [5.74, 6) is -0.224. The Morgan fingerprint density at radius 2 is 1.80 bits per heavy atom. The monoisotopic (exact) mass is 571 g/mol. The summed E-state index contributed by atoms with van der Waals surface area (Å²) in [5.41, 5.74) is 11.7. The third-order valence-electron chi connectivity index (χ3n) is 6.72. The summed E-state index contributed by atoms with van der Waals surface area (Å²) < 4.78 is 5.69. The van der Waals surface area contributed by atoms with Gasteiger partial charge in [0, 0.05) is 26.4 Å². The Bertz CT molecular complexity index is 1310. The zero-order valence-corrected chi connectivity index (χ0v) is 23.4. The van der Waals surface area contributed by atoms with E-state index < -0.39 is 17.5 Å². The fourth-order valence-electron chi connectivity index (χ4n) is 4.72. The second kappa shape index (κ2) is 11.9. The number of nitrogens with two attached hydrogens (primary N) is 2. The van der Waals surface area contributed by atoms with Crippen LogP contribution in [-0.2, 0) is 16.0 Å². The molecule has 7 N–H and O–H groups in total. The van der Waals surface area contributed by atoms with E-state index in [4.69, 9.17) is 27.8 Å². The van der Waals surface area contributed by atoms with Crippen LogP contribution in [0.25, 0.3) is 0 Å². The first kappa shape index (κ1) is 28.9. The van der Waals surface area contributed by atoms with Crippen LogP contribution < -0.4 is 32.2 Å². The van der Waals surface area contributed by atoms with E-state index >= 15 is 0 Å². The summed E-state index contributed by atoms with van der Waals surface area (Å²) in [4.78, 5) is 51.9. The first-order valence-electron chi connectivity index (χ1n) is 13.0. The lowest BCUT2D eigenvalue weighted by Gasteiger charge is -2.40. The average Bonchev–Trinajstić information content (AvgIpc) is 3.27. The standard InChI is InChI=1S/C26H34ClN9O4/c1-14(2)40-17-6-4-16(5-7-17)12-18(31-15(3)37)24(39)36-10-8-26(9-11-36)13-30-25(35-26)34-23(38)19-21(28)33-22(29)20(27)32-19/h4-7,14,18H,8-13H2,1-3H3,(H,31,37)(H4,28,29,33)(H2,30,34,35,38). The zero-order valence-electron chi connectivity index (χ0n) is 22.7. The first-order chi connectivity index (χ1) is 18.9. The SMILES string of the molecule is CC(=O)NC(Cc1ccc(OC(C)C)cc1)C(=O)N1CCC2(CC1)CN=C(NC(=O)c1nc(Cl)c(N)nc1N)N2. The van der Waals surface area contributed by atoms with Crippen molar-refractivity contribution in [3.8, 4) is 5.75 Å². The molecule has 2 aliphatic heterocycles. The van der Waals surface area contributed by atoms with Crippen molar-refractivity contribution >= 4 is 46.9 Å². The van der Waals surface area contributed by atoms with Crippen molar-refractivity contribution in [1.29, 1.82) is 0 Å². The van der Waals surface area contributed by atoms with Crippen LogP contribution in [0.15, 0.2) is 29.3 Å². The highest BCUT2D eigenvalue weighted by atomic mass is 35.5. The van der Waals surface area contributed by atoms with Gasteiger partial charge in [-0.05, 0) is 44.4 Å². The lowest BCUT2D eigenvalue weighted by molar-refractivity contribution is -0.137. The van der Waals surface area contributed by atoms with E-state index in [1.807, 2.05) is 38.1 Å². The molecule has 0 aliphatic carbocycles. The van der Waals surface area contributed by atoms with Crippen LogP contribution in [0.1, 0.15) is 49.7 Å². The Kier molecular flexibility index (Phi) is 8.62. The van der Waals surface area contributed by atoms with Gasteiger partial charge in [-0.15, -0.1) is 0 Å². The van der Waals surface area contributed by atoms with Crippen LogP contribution in [0.4, 0.5) is 11.6 Å². The molecule has 3 amide bonds. The Hall–Kier alpha value is -4.13. The number of nitrogen functional groups attached to an aromatic ring is 2. The van der Waals surface area contributed by atoms with Gasteiger partial charge in [0.25, 0.3) is 5.91 Å². The molecule has 0 bridgehead atoms. The molecule has 1 aromatic carbocycles. The summed E-state index contributed by atoms with van der Waals surface area (Å²) in [5, 5.41) is 8.62. The van der Waals surface area contributed by atoms with Crippen LogP contribution >= 0.6 is 11.6 Å². The van der Waals surface area contributed by atoms with Gasteiger partial charge < -0.3 is 31.7 Å². The summed E-state index contributed by atoms with van der Waals surface area (Å²) in [6.45, 7) is 6.66. The minimum Gasteiger partial charge on any atom is -0.491 e. The van der Waals surface area contributed by atoms with Gasteiger partial charge in [-0.1, -0.05) is 23.7 Å². The summed E-state index contributed by atoms with van der Waals surface area (Å²) in [7, 11) is 0. The van der Waals surface area contributed by atoms with Gasteiger partial charge in [0.2, 0.25) is 11.8 Å². The van der Waals surface area contributed by atoms with Crippen molar-refractivity contribution in [3.05, 3.63) is 40.7 Å². The highest BCUT2D eigenvalue weighted by Crippen LogP contribution is 2.27. The molecule has 0 radical (unpaired) electrons. The molecule has 1 fully saturated rings. The number of aliphatic imine (C=N–C) groups is 1. The number of nitrogens with zero attached hydrogens (tertiary/aromatic N) is 4. The van der Waals surface area contributed by atoms with Crippen molar-refractivity contribution in [2.24, 2.45) is 4.99 Å². The molecule has 2 aromatic rings. The number of halogens is 1. The number of nitrogens with one attached hydrogen (secondary N) is 3. The van der Waals surface area contributed by atoms with Gasteiger partial charge in [-0.25, -0.2) is 9.97 Å². The molecule has 1 spiro atoms. The molecule has 214 valence electrons. The van der Waals surface area contributed by atoms with Crippen molar-refractivity contribution < 1.29 is 19.1 Å². The van der Waals surface area contributed by atoms with Crippen LogP contribution in [0.5, 0.6) is 5.75 Å². The van der Waals surface area contributed by atoms with Crippen molar-refractivity contribution in [2.45, 2.75) is 57.7 Å². The summed E-state index contributed by atoms with van der Waals surface area (Å²) in [6, 6.07) is 6.83. The van der Waals surface area contributed by atoms with Gasteiger partial charge in [-0.3, -0.25) is 24.7 Å². The fourth-order valence-corrected chi connectivity index (χ4v) is 4.85. The quantitative estimate of drug-likeness (QED) is 0.321. The number of benzene rings is 1. The van der Waals surface area contributed by atoms with Crippen molar-refractivity contribution in [3.63, 3.8) is 0 Å².